The summed E-state index contributed by atoms with van der Waals surface area (Å²) in [4.78, 5) is 22.8. The molecule has 0 bridgehead atoms. The quantitative estimate of drug-likeness (QED) is 0.878. The predicted molar refractivity (Wildman–Crippen MR) is 75.0 cm³/mol. The summed E-state index contributed by atoms with van der Waals surface area (Å²) in [7, 11) is 0. The zero-order valence-corrected chi connectivity index (χ0v) is 11.4. The van der Waals surface area contributed by atoms with Gasteiger partial charge in [0.2, 0.25) is 0 Å². The highest BCUT2D eigenvalue weighted by molar-refractivity contribution is 5.79. The van der Waals surface area contributed by atoms with Crippen molar-refractivity contribution in [3.8, 4) is 0 Å². The van der Waals surface area contributed by atoms with E-state index in [9.17, 15) is 9.59 Å². The molecule has 1 saturated carbocycles. The third kappa shape index (κ3) is 4.35. The van der Waals surface area contributed by atoms with Gasteiger partial charge in [0.05, 0.1) is 0 Å². The van der Waals surface area contributed by atoms with Crippen LogP contribution in [0, 0.1) is 0 Å². The van der Waals surface area contributed by atoms with E-state index in [0.29, 0.717) is 32.2 Å². The minimum Gasteiger partial charge on any atom is -0.445 e. The van der Waals surface area contributed by atoms with E-state index in [1.54, 1.807) is 0 Å². The molecule has 3 N–H and O–H groups in total. The molecule has 1 aliphatic carbocycles. The van der Waals surface area contributed by atoms with E-state index < -0.39 is 11.6 Å². The summed E-state index contributed by atoms with van der Waals surface area (Å²) in [5.41, 5.74) is 6.61. The van der Waals surface area contributed by atoms with Gasteiger partial charge in [-0.1, -0.05) is 30.3 Å². The number of ketones is 1. The molecule has 1 aromatic carbocycles. The Hall–Kier alpha value is -1.88. The van der Waals surface area contributed by atoms with Gasteiger partial charge in [0.15, 0.2) is 0 Å². The second-order valence-electron chi connectivity index (χ2n) is 5.32. The molecule has 108 valence electrons. The Morgan fingerprint density at radius 2 is 1.90 bits per heavy atom. The third-order valence-corrected chi connectivity index (χ3v) is 3.60. The van der Waals surface area contributed by atoms with Crippen LogP contribution in [0.2, 0.25) is 0 Å². The summed E-state index contributed by atoms with van der Waals surface area (Å²) in [6.07, 6.45) is 1.75. The van der Waals surface area contributed by atoms with E-state index in [-0.39, 0.29) is 12.4 Å². The Labute approximate surface area is 118 Å². The second kappa shape index (κ2) is 6.52. The lowest BCUT2D eigenvalue weighted by atomic mass is 9.82. The number of rotatable bonds is 4. The van der Waals surface area contributed by atoms with Crippen molar-refractivity contribution in [3.05, 3.63) is 35.9 Å². The van der Waals surface area contributed by atoms with Crippen molar-refractivity contribution in [1.82, 2.24) is 5.32 Å². The van der Waals surface area contributed by atoms with Crippen LogP contribution in [0.15, 0.2) is 30.3 Å². The van der Waals surface area contributed by atoms with Crippen molar-refractivity contribution < 1.29 is 14.3 Å². The number of Topliss-reactive ketones (excluding diaryl/α,β-unsaturated/α-hetero) is 1. The van der Waals surface area contributed by atoms with Crippen molar-refractivity contribution in [2.45, 2.75) is 37.8 Å². The predicted octanol–water partition coefficient (Wildman–Crippen LogP) is 1.75. The number of alkyl carbamates (subject to hydrolysis) is 1. The molecule has 0 unspecified atom stereocenters. The van der Waals surface area contributed by atoms with Crippen LogP contribution in [0.5, 0.6) is 0 Å². The number of nitrogens with two attached hydrogens (primary N) is 1. The number of nitrogens with one attached hydrogen (secondary N) is 1. The molecule has 0 aliphatic heterocycles. The molecule has 5 heteroatoms. The average molecular weight is 276 g/mol. The van der Waals surface area contributed by atoms with E-state index in [1.165, 1.54) is 0 Å². The Bertz CT molecular complexity index is 463. The van der Waals surface area contributed by atoms with Crippen LogP contribution < -0.4 is 11.1 Å². The van der Waals surface area contributed by atoms with Crippen LogP contribution in [0.1, 0.15) is 31.2 Å². The summed E-state index contributed by atoms with van der Waals surface area (Å²) >= 11 is 0. The maximum absolute atomic E-state index is 11.6. The summed E-state index contributed by atoms with van der Waals surface area (Å²) in [6, 6.07) is 9.48. The summed E-state index contributed by atoms with van der Waals surface area (Å²) in [5.74, 6) is 0.248. The van der Waals surface area contributed by atoms with E-state index in [2.05, 4.69) is 5.32 Å². The van der Waals surface area contributed by atoms with Crippen LogP contribution >= 0.6 is 0 Å². The number of benzene rings is 1. The van der Waals surface area contributed by atoms with E-state index in [4.69, 9.17) is 10.5 Å². The fraction of sp³-hybridized carbons (Fsp3) is 0.467. The molecular weight excluding hydrogens is 256 g/mol. The Balaban J connectivity index is 1.71. The summed E-state index contributed by atoms with van der Waals surface area (Å²) < 4.78 is 5.11. The first-order chi connectivity index (χ1) is 9.57. The van der Waals surface area contributed by atoms with Crippen LogP contribution in [0.3, 0.4) is 0 Å². The Morgan fingerprint density at radius 1 is 1.25 bits per heavy atom. The largest absolute Gasteiger partial charge is 0.445 e. The zero-order chi connectivity index (χ0) is 14.4. The number of carbonyl (C=O) groups excluding carboxylic acids is 2. The van der Waals surface area contributed by atoms with Gasteiger partial charge in [-0.15, -0.1) is 0 Å². The average Bonchev–Trinajstić information content (AvgIpc) is 2.48. The number of amides is 1. The fourth-order valence-corrected chi connectivity index (χ4v) is 2.23. The SMILES string of the molecule is NC1(CNC(=O)OCc2ccccc2)CCC(=O)CC1. The van der Waals surface area contributed by atoms with Crippen LogP contribution in [-0.2, 0) is 16.1 Å². The smallest absolute Gasteiger partial charge is 0.407 e. The van der Waals surface area contributed by atoms with Gasteiger partial charge in [-0.3, -0.25) is 4.79 Å². The molecule has 20 heavy (non-hydrogen) atoms. The van der Waals surface area contributed by atoms with Crippen molar-refractivity contribution in [2.24, 2.45) is 5.73 Å². The molecule has 0 saturated heterocycles. The Morgan fingerprint density at radius 3 is 2.55 bits per heavy atom. The van der Waals surface area contributed by atoms with Gasteiger partial charge in [0.25, 0.3) is 0 Å². The van der Waals surface area contributed by atoms with Crippen molar-refractivity contribution in [2.75, 3.05) is 6.54 Å². The minimum absolute atomic E-state index is 0.239. The van der Waals surface area contributed by atoms with Gasteiger partial charge in [0, 0.05) is 24.9 Å². The van der Waals surface area contributed by atoms with Crippen LogP contribution in [-0.4, -0.2) is 24.0 Å². The highest BCUT2D eigenvalue weighted by atomic mass is 16.5. The first-order valence-electron chi connectivity index (χ1n) is 6.83. The molecule has 1 aliphatic rings. The van der Waals surface area contributed by atoms with Gasteiger partial charge >= 0.3 is 6.09 Å². The van der Waals surface area contributed by atoms with Crippen molar-refractivity contribution in [3.63, 3.8) is 0 Å². The lowest BCUT2D eigenvalue weighted by Gasteiger charge is -2.32. The van der Waals surface area contributed by atoms with Gasteiger partial charge < -0.3 is 15.8 Å². The van der Waals surface area contributed by atoms with Gasteiger partial charge in [-0.25, -0.2) is 4.79 Å². The molecule has 2 rings (SSSR count). The lowest BCUT2D eigenvalue weighted by molar-refractivity contribution is -0.121. The zero-order valence-electron chi connectivity index (χ0n) is 11.4. The van der Waals surface area contributed by atoms with Gasteiger partial charge in [-0.05, 0) is 18.4 Å². The second-order valence-corrected chi connectivity index (χ2v) is 5.32. The molecule has 0 heterocycles. The third-order valence-electron chi connectivity index (χ3n) is 3.60. The fourth-order valence-electron chi connectivity index (χ4n) is 2.23. The number of hydrogen-bond donors (Lipinski definition) is 2. The molecule has 0 atom stereocenters. The molecule has 1 fully saturated rings. The lowest BCUT2D eigenvalue weighted by Crippen LogP contribution is -2.52. The Kier molecular flexibility index (Phi) is 4.74. The highest BCUT2D eigenvalue weighted by Crippen LogP contribution is 2.23. The maximum atomic E-state index is 11.6. The maximum Gasteiger partial charge on any atom is 0.407 e. The summed E-state index contributed by atoms with van der Waals surface area (Å²) in [5, 5.41) is 2.68. The molecule has 5 nitrogen and oxygen atoms in total. The van der Waals surface area contributed by atoms with Gasteiger partial charge in [-0.2, -0.15) is 0 Å². The number of carbonyl (C=O) groups is 2. The number of ether oxygens (including phenoxy) is 1. The van der Waals surface area contributed by atoms with Gasteiger partial charge in [0.1, 0.15) is 12.4 Å². The van der Waals surface area contributed by atoms with Crippen LogP contribution in [0.4, 0.5) is 4.79 Å². The first-order valence-corrected chi connectivity index (χ1v) is 6.83. The minimum atomic E-state index is -0.486. The first kappa shape index (κ1) is 14.5. The molecule has 0 radical (unpaired) electrons. The molecule has 0 aromatic heterocycles. The van der Waals surface area contributed by atoms with Crippen molar-refractivity contribution in [1.29, 1.82) is 0 Å². The van der Waals surface area contributed by atoms with Crippen molar-refractivity contribution >= 4 is 11.9 Å². The highest BCUT2D eigenvalue weighted by Gasteiger charge is 2.31. The van der Waals surface area contributed by atoms with E-state index in [0.717, 1.165) is 5.56 Å². The normalized spacial score (nSPS) is 17.6. The van der Waals surface area contributed by atoms with E-state index >= 15 is 0 Å². The molecule has 0 spiro atoms. The summed E-state index contributed by atoms with van der Waals surface area (Å²) in [6.45, 7) is 0.580. The number of hydrogen-bond acceptors (Lipinski definition) is 4. The topological polar surface area (TPSA) is 81.4 Å². The van der Waals surface area contributed by atoms with E-state index in [1.807, 2.05) is 30.3 Å². The van der Waals surface area contributed by atoms with Crippen LogP contribution in [0.25, 0.3) is 0 Å². The molecular formula is C15H20N2O3. The standard InChI is InChI=1S/C15H20N2O3/c16-15(8-6-13(18)7-9-15)11-17-14(19)20-10-12-4-2-1-3-5-12/h1-5H,6-11,16H2,(H,17,19). The molecule has 1 aromatic rings. The molecule has 1 amide bonds. The monoisotopic (exact) mass is 276 g/mol.